The normalized spacial score (nSPS) is 15.5. The Hall–Kier alpha value is -2.45. The molecule has 2 aromatic carbocycles. The highest BCUT2D eigenvalue weighted by Gasteiger charge is 2.34. The highest BCUT2D eigenvalue weighted by Crippen LogP contribution is 2.37. The molecule has 1 fully saturated rings. The molecule has 1 saturated heterocycles. The van der Waals surface area contributed by atoms with Gasteiger partial charge in [-0.3, -0.25) is 9.88 Å². The Morgan fingerprint density at radius 3 is 1.91 bits per heavy atom. The summed E-state index contributed by atoms with van der Waals surface area (Å²) in [6.45, 7) is 2.17. The molecule has 1 aromatic heterocycles. The van der Waals surface area contributed by atoms with Crippen LogP contribution in [0.15, 0.2) is 85.2 Å². The lowest BCUT2D eigenvalue weighted by Gasteiger charge is -2.45. The molecule has 2 heteroatoms. The Bertz CT molecular complexity index is 695. The highest BCUT2D eigenvalue weighted by atomic mass is 15.2. The number of pyridine rings is 1. The summed E-state index contributed by atoms with van der Waals surface area (Å²) in [6, 6.07) is 26.2. The largest absolute Gasteiger partial charge is 0.291 e. The van der Waals surface area contributed by atoms with Crippen LogP contribution in [0.2, 0.25) is 0 Å². The molecule has 0 atom stereocenters. The number of benzene rings is 2. The predicted molar refractivity (Wildman–Crippen MR) is 93.3 cm³/mol. The number of hydrogen-bond donors (Lipinski definition) is 0. The van der Waals surface area contributed by atoms with E-state index in [4.69, 9.17) is 0 Å². The Balaban J connectivity index is 1.58. The van der Waals surface area contributed by atoms with Crippen molar-refractivity contribution in [2.75, 3.05) is 13.1 Å². The highest BCUT2D eigenvalue weighted by molar-refractivity contribution is 5.33. The van der Waals surface area contributed by atoms with Crippen molar-refractivity contribution in [1.82, 2.24) is 9.88 Å². The molecular weight excluding hydrogens is 280 g/mol. The molecular formula is C21H20N2. The number of likely N-dealkylation sites (tertiary alicyclic amines) is 1. The summed E-state index contributed by atoms with van der Waals surface area (Å²) in [7, 11) is 0. The molecule has 23 heavy (non-hydrogen) atoms. The zero-order valence-electron chi connectivity index (χ0n) is 13.0. The molecule has 1 aliphatic rings. The van der Waals surface area contributed by atoms with Crippen LogP contribution < -0.4 is 0 Å². The number of nitrogens with zero attached hydrogens (tertiary/aromatic N) is 2. The Labute approximate surface area is 137 Å². The third kappa shape index (κ3) is 2.90. The van der Waals surface area contributed by atoms with Crippen molar-refractivity contribution in [3.05, 3.63) is 102 Å². The SMILES string of the molecule is c1ccc(C(c2ccccc2)N2CC(c3cccnc3)C2)cc1. The fourth-order valence-corrected chi connectivity index (χ4v) is 3.44. The third-order valence-electron chi connectivity index (χ3n) is 4.66. The summed E-state index contributed by atoms with van der Waals surface area (Å²) in [6.07, 6.45) is 3.85. The molecule has 0 amide bonds. The van der Waals surface area contributed by atoms with Gasteiger partial charge in [0.25, 0.3) is 0 Å². The zero-order chi connectivity index (χ0) is 15.5. The lowest BCUT2D eigenvalue weighted by molar-refractivity contribution is 0.111. The Kier molecular flexibility index (Phi) is 3.91. The summed E-state index contributed by atoms with van der Waals surface area (Å²) in [4.78, 5) is 6.81. The first-order valence-electron chi connectivity index (χ1n) is 8.15. The maximum absolute atomic E-state index is 4.26. The molecule has 1 aliphatic heterocycles. The summed E-state index contributed by atoms with van der Waals surface area (Å²) >= 11 is 0. The van der Waals surface area contributed by atoms with Crippen molar-refractivity contribution >= 4 is 0 Å². The molecule has 0 N–H and O–H groups in total. The second-order valence-electron chi connectivity index (χ2n) is 6.16. The summed E-state index contributed by atoms with van der Waals surface area (Å²) < 4.78 is 0. The van der Waals surface area contributed by atoms with Gasteiger partial charge in [0.05, 0.1) is 6.04 Å². The third-order valence-corrected chi connectivity index (χ3v) is 4.66. The van der Waals surface area contributed by atoms with E-state index in [1.54, 1.807) is 0 Å². The van der Waals surface area contributed by atoms with Crippen LogP contribution in [-0.2, 0) is 0 Å². The van der Waals surface area contributed by atoms with Gasteiger partial charge in [-0.25, -0.2) is 0 Å². The maximum atomic E-state index is 4.26. The second-order valence-corrected chi connectivity index (χ2v) is 6.16. The topological polar surface area (TPSA) is 16.1 Å². The van der Waals surface area contributed by atoms with Crippen LogP contribution in [0.4, 0.5) is 0 Å². The van der Waals surface area contributed by atoms with Crippen molar-refractivity contribution in [1.29, 1.82) is 0 Å². The van der Waals surface area contributed by atoms with Crippen LogP contribution in [0, 0.1) is 0 Å². The van der Waals surface area contributed by atoms with E-state index in [-0.39, 0.29) is 0 Å². The van der Waals surface area contributed by atoms with Crippen LogP contribution in [0.5, 0.6) is 0 Å². The van der Waals surface area contributed by atoms with Gasteiger partial charge < -0.3 is 0 Å². The lowest BCUT2D eigenvalue weighted by atomic mass is 9.87. The lowest BCUT2D eigenvalue weighted by Crippen LogP contribution is -2.47. The maximum Gasteiger partial charge on any atom is 0.0602 e. The van der Waals surface area contributed by atoms with E-state index < -0.39 is 0 Å². The fourth-order valence-electron chi connectivity index (χ4n) is 3.44. The van der Waals surface area contributed by atoms with Gasteiger partial charge in [-0.2, -0.15) is 0 Å². The van der Waals surface area contributed by atoms with Gasteiger partial charge in [0, 0.05) is 31.4 Å². The van der Waals surface area contributed by atoms with Crippen LogP contribution in [-0.4, -0.2) is 23.0 Å². The van der Waals surface area contributed by atoms with Crippen molar-refractivity contribution < 1.29 is 0 Å². The van der Waals surface area contributed by atoms with Gasteiger partial charge in [0.1, 0.15) is 0 Å². The first-order valence-corrected chi connectivity index (χ1v) is 8.15. The monoisotopic (exact) mass is 300 g/mol. The minimum absolute atomic E-state index is 0.338. The van der Waals surface area contributed by atoms with Gasteiger partial charge in [-0.15, -0.1) is 0 Å². The first-order chi connectivity index (χ1) is 11.4. The minimum atomic E-state index is 0.338. The van der Waals surface area contributed by atoms with Gasteiger partial charge in [-0.05, 0) is 22.8 Å². The van der Waals surface area contributed by atoms with E-state index in [0.29, 0.717) is 12.0 Å². The average Bonchev–Trinajstić information content (AvgIpc) is 2.60. The number of hydrogen-bond acceptors (Lipinski definition) is 2. The average molecular weight is 300 g/mol. The van der Waals surface area contributed by atoms with E-state index in [0.717, 1.165) is 13.1 Å². The molecule has 114 valence electrons. The van der Waals surface area contributed by atoms with Crippen molar-refractivity contribution in [2.45, 2.75) is 12.0 Å². The molecule has 0 saturated carbocycles. The van der Waals surface area contributed by atoms with Crippen molar-refractivity contribution in [2.24, 2.45) is 0 Å². The molecule has 4 rings (SSSR count). The molecule has 0 radical (unpaired) electrons. The number of rotatable bonds is 4. The quantitative estimate of drug-likeness (QED) is 0.715. The minimum Gasteiger partial charge on any atom is -0.291 e. The van der Waals surface area contributed by atoms with Crippen molar-refractivity contribution in [3.8, 4) is 0 Å². The molecule has 3 aromatic rings. The zero-order valence-corrected chi connectivity index (χ0v) is 13.0. The van der Waals surface area contributed by atoms with E-state index in [1.807, 2.05) is 18.5 Å². The molecule has 0 bridgehead atoms. The van der Waals surface area contributed by atoms with Crippen LogP contribution in [0.1, 0.15) is 28.7 Å². The van der Waals surface area contributed by atoms with Crippen LogP contribution >= 0.6 is 0 Å². The van der Waals surface area contributed by atoms with Gasteiger partial charge in [0.2, 0.25) is 0 Å². The van der Waals surface area contributed by atoms with Crippen molar-refractivity contribution in [3.63, 3.8) is 0 Å². The summed E-state index contributed by atoms with van der Waals surface area (Å²) in [5, 5.41) is 0. The Morgan fingerprint density at radius 1 is 0.783 bits per heavy atom. The molecule has 0 spiro atoms. The molecule has 0 aliphatic carbocycles. The molecule has 2 nitrogen and oxygen atoms in total. The van der Waals surface area contributed by atoms with Crippen LogP contribution in [0.3, 0.4) is 0 Å². The van der Waals surface area contributed by atoms with Crippen LogP contribution in [0.25, 0.3) is 0 Å². The second kappa shape index (κ2) is 6.35. The van der Waals surface area contributed by atoms with Gasteiger partial charge in [0.15, 0.2) is 0 Å². The number of aromatic nitrogens is 1. The molecule has 2 heterocycles. The van der Waals surface area contributed by atoms with Gasteiger partial charge in [-0.1, -0.05) is 66.7 Å². The molecule has 0 unspecified atom stereocenters. The first kappa shape index (κ1) is 14.2. The fraction of sp³-hybridized carbons (Fsp3) is 0.190. The van der Waals surface area contributed by atoms with E-state index in [9.17, 15) is 0 Å². The van der Waals surface area contributed by atoms with E-state index >= 15 is 0 Å². The summed E-state index contributed by atoms with van der Waals surface area (Å²) in [5.41, 5.74) is 4.08. The smallest absolute Gasteiger partial charge is 0.0602 e. The van der Waals surface area contributed by atoms with E-state index in [1.165, 1.54) is 16.7 Å². The summed E-state index contributed by atoms with van der Waals surface area (Å²) in [5.74, 6) is 0.596. The van der Waals surface area contributed by atoms with Gasteiger partial charge >= 0.3 is 0 Å². The predicted octanol–water partition coefficient (Wildman–Crippen LogP) is 4.27. The van der Waals surface area contributed by atoms with E-state index in [2.05, 4.69) is 76.6 Å². The standard InChI is InChI=1S/C21H20N2/c1-3-8-17(9-4-1)21(18-10-5-2-6-11-18)23-15-20(16-23)19-12-7-13-22-14-19/h1-14,20-21H,15-16H2. The Morgan fingerprint density at radius 2 is 1.39 bits per heavy atom.